The van der Waals surface area contributed by atoms with Crippen LogP contribution >= 0.6 is 0 Å². The molecular weight excluding hydrogens is 242 g/mol. The number of ketones is 1. The molecule has 0 heterocycles. The van der Waals surface area contributed by atoms with E-state index in [4.69, 9.17) is 4.74 Å². The van der Waals surface area contributed by atoms with Gasteiger partial charge in [0, 0.05) is 19.9 Å². The zero-order chi connectivity index (χ0) is 14.1. The Bertz CT molecular complexity index is 412. The van der Waals surface area contributed by atoms with Gasteiger partial charge in [-0.15, -0.1) is 0 Å². The predicted octanol–water partition coefficient (Wildman–Crippen LogP) is 2.11. The maximum absolute atomic E-state index is 11.0. The van der Waals surface area contributed by atoms with Crippen LogP contribution in [0.4, 0.5) is 0 Å². The third kappa shape index (κ3) is 6.60. The number of hydrogen-bond acceptors (Lipinski definition) is 3. The Morgan fingerprint density at radius 3 is 2.42 bits per heavy atom. The van der Waals surface area contributed by atoms with Crippen LogP contribution in [0.1, 0.15) is 31.7 Å². The molecule has 1 rings (SSSR count). The highest BCUT2D eigenvalue weighted by atomic mass is 16.5. The summed E-state index contributed by atoms with van der Waals surface area (Å²) in [5.74, 6) is 1.03. The highest BCUT2D eigenvalue weighted by molar-refractivity contribution is 5.75. The van der Waals surface area contributed by atoms with Crippen molar-refractivity contribution in [1.29, 1.82) is 0 Å². The lowest BCUT2D eigenvalue weighted by Gasteiger charge is -2.06. The molecule has 0 fully saturated rings. The molecule has 0 saturated carbocycles. The molecule has 4 heteroatoms. The standard InChI is InChI=1S/C15H21NO3/c1-12(17)5-6-13-7-9-14(10-8-13)19-11-3-4-15(18)16-2/h7-10H,3-6,11H2,1-2H3,(H,16,18). The molecule has 0 atom stereocenters. The van der Waals surface area contributed by atoms with Gasteiger partial charge in [-0.3, -0.25) is 4.79 Å². The summed E-state index contributed by atoms with van der Waals surface area (Å²) in [6.07, 6.45) is 2.53. The van der Waals surface area contributed by atoms with Crippen LogP contribution in [-0.4, -0.2) is 25.3 Å². The molecule has 0 saturated heterocycles. The second-order valence-corrected chi connectivity index (χ2v) is 4.47. The third-order valence-electron chi connectivity index (χ3n) is 2.78. The SMILES string of the molecule is CNC(=O)CCCOc1ccc(CCC(C)=O)cc1. The van der Waals surface area contributed by atoms with Gasteiger partial charge in [-0.05, 0) is 37.5 Å². The quantitative estimate of drug-likeness (QED) is 0.731. The fraction of sp³-hybridized carbons (Fsp3) is 0.467. The van der Waals surface area contributed by atoms with Crippen LogP contribution in [0, 0.1) is 0 Å². The average Bonchev–Trinajstić information content (AvgIpc) is 2.42. The summed E-state index contributed by atoms with van der Waals surface area (Å²) in [5.41, 5.74) is 1.13. The predicted molar refractivity (Wildman–Crippen MR) is 74.2 cm³/mol. The number of nitrogens with one attached hydrogen (secondary N) is 1. The van der Waals surface area contributed by atoms with Crippen molar-refractivity contribution in [1.82, 2.24) is 5.32 Å². The number of hydrogen-bond donors (Lipinski definition) is 1. The Hall–Kier alpha value is -1.84. The molecule has 19 heavy (non-hydrogen) atoms. The zero-order valence-corrected chi connectivity index (χ0v) is 11.6. The van der Waals surface area contributed by atoms with Gasteiger partial charge in [0.25, 0.3) is 0 Å². The topological polar surface area (TPSA) is 55.4 Å². The van der Waals surface area contributed by atoms with Gasteiger partial charge in [-0.25, -0.2) is 0 Å². The molecule has 0 aromatic heterocycles. The van der Waals surface area contributed by atoms with Crippen LogP contribution in [0.3, 0.4) is 0 Å². The molecule has 1 aromatic rings. The summed E-state index contributed by atoms with van der Waals surface area (Å²) < 4.78 is 5.53. The first-order valence-electron chi connectivity index (χ1n) is 6.53. The molecule has 1 amide bonds. The van der Waals surface area contributed by atoms with Crippen LogP contribution in [0.25, 0.3) is 0 Å². The van der Waals surface area contributed by atoms with Gasteiger partial charge in [0.05, 0.1) is 6.61 Å². The molecule has 0 aliphatic carbocycles. The van der Waals surface area contributed by atoms with Crippen LogP contribution in [0.15, 0.2) is 24.3 Å². The van der Waals surface area contributed by atoms with Crippen molar-refractivity contribution in [2.24, 2.45) is 0 Å². The van der Waals surface area contributed by atoms with Crippen molar-refractivity contribution in [3.63, 3.8) is 0 Å². The normalized spacial score (nSPS) is 10.0. The van der Waals surface area contributed by atoms with Gasteiger partial charge in [-0.2, -0.15) is 0 Å². The van der Waals surface area contributed by atoms with E-state index in [2.05, 4.69) is 5.32 Å². The van der Waals surface area contributed by atoms with E-state index < -0.39 is 0 Å². The smallest absolute Gasteiger partial charge is 0.219 e. The molecule has 0 bridgehead atoms. The lowest BCUT2D eigenvalue weighted by atomic mass is 10.1. The molecule has 1 N–H and O–H groups in total. The molecule has 1 aromatic carbocycles. The first kappa shape index (κ1) is 15.2. The highest BCUT2D eigenvalue weighted by Gasteiger charge is 2.00. The zero-order valence-electron chi connectivity index (χ0n) is 11.6. The van der Waals surface area contributed by atoms with E-state index in [1.54, 1.807) is 14.0 Å². The number of carbonyl (C=O) groups excluding carboxylic acids is 2. The van der Waals surface area contributed by atoms with Crippen molar-refractivity contribution < 1.29 is 14.3 Å². The lowest BCUT2D eigenvalue weighted by molar-refractivity contribution is -0.121. The number of carbonyl (C=O) groups is 2. The Balaban J connectivity index is 2.28. The van der Waals surface area contributed by atoms with E-state index in [0.717, 1.165) is 17.7 Å². The first-order chi connectivity index (χ1) is 9.11. The van der Waals surface area contributed by atoms with Gasteiger partial charge in [0.2, 0.25) is 5.91 Å². The molecular formula is C15H21NO3. The Kier molecular flexibility index (Phi) is 6.64. The van der Waals surface area contributed by atoms with Gasteiger partial charge in [-0.1, -0.05) is 12.1 Å². The number of amides is 1. The minimum Gasteiger partial charge on any atom is -0.494 e. The second-order valence-electron chi connectivity index (χ2n) is 4.47. The van der Waals surface area contributed by atoms with Crippen LogP contribution in [0.2, 0.25) is 0 Å². The monoisotopic (exact) mass is 263 g/mol. The number of ether oxygens (including phenoxy) is 1. The number of aryl methyl sites for hydroxylation is 1. The van der Waals surface area contributed by atoms with Crippen molar-refractivity contribution in [3.8, 4) is 5.75 Å². The Morgan fingerprint density at radius 1 is 1.16 bits per heavy atom. The van der Waals surface area contributed by atoms with Crippen molar-refractivity contribution in [3.05, 3.63) is 29.8 Å². The van der Waals surface area contributed by atoms with Gasteiger partial charge in [0.15, 0.2) is 0 Å². The fourth-order valence-corrected chi connectivity index (χ4v) is 1.62. The van der Waals surface area contributed by atoms with Crippen LogP contribution in [0.5, 0.6) is 5.75 Å². The Labute approximate surface area is 114 Å². The Morgan fingerprint density at radius 2 is 1.84 bits per heavy atom. The van der Waals surface area contributed by atoms with Crippen LogP contribution < -0.4 is 10.1 Å². The van der Waals surface area contributed by atoms with E-state index in [9.17, 15) is 9.59 Å². The molecule has 104 valence electrons. The molecule has 0 radical (unpaired) electrons. The molecule has 0 unspecified atom stereocenters. The van der Waals surface area contributed by atoms with Crippen molar-refractivity contribution in [2.75, 3.05) is 13.7 Å². The third-order valence-corrected chi connectivity index (χ3v) is 2.78. The number of rotatable bonds is 8. The molecule has 0 aliphatic heterocycles. The van der Waals surface area contributed by atoms with E-state index in [1.807, 2.05) is 24.3 Å². The van der Waals surface area contributed by atoms with Crippen LogP contribution in [-0.2, 0) is 16.0 Å². The summed E-state index contributed by atoms with van der Waals surface area (Å²) in [6.45, 7) is 2.13. The maximum Gasteiger partial charge on any atom is 0.219 e. The van der Waals surface area contributed by atoms with Crippen molar-refractivity contribution >= 4 is 11.7 Å². The maximum atomic E-state index is 11.0. The molecule has 0 spiro atoms. The molecule has 0 aliphatic rings. The summed E-state index contributed by atoms with van der Waals surface area (Å²) in [7, 11) is 1.63. The van der Waals surface area contributed by atoms with Crippen molar-refractivity contribution in [2.45, 2.75) is 32.6 Å². The fourth-order valence-electron chi connectivity index (χ4n) is 1.62. The lowest BCUT2D eigenvalue weighted by Crippen LogP contribution is -2.18. The summed E-state index contributed by atoms with van der Waals surface area (Å²) in [6, 6.07) is 7.73. The minimum absolute atomic E-state index is 0.0307. The minimum atomic E-state index is 0.0307. The van der Waals surface area contributed by atoms with Gasteiger partial charge in [0.1, 0.15) is 11.5 Å². The summed E-state index contributed by atoms with van der Waals surface area (Å²) in [5, 5.41) is 2.57. The van der Waals surface area contributed by atoms with E-state index in [1.165, 1.54) is 0 Å². The number of Topliss-reactive ketones (excluding diaryl/α,β-unsaturated/α-hetero) is 1. The summed E-state index contributed by atoms with van der Waals surface area (Å²) in [4.78, 5) is 21.9. The van der Waals surface area contributed by atoms with E-state index in [0.29, 0.717) is 25.9 Å². The number of benzene rings is 1. The van der Waals surface area contributed by atoms with E-state index in [-0.39, 0.29) is 11.7 Å². The van der Waals surface area contributed by atoms with Gasteiger partial charge >= 0.3 is 0 Å². The largest absolute Gasteiger partial charge is 0.494 e. The summed E-state index contributed by atoms with van der Waals surface area (Å²) >= 11 is 0. The first-order valence-corrected chi connectivity index (χ1v) is 6.53. The second kappa shape index (κ2) is 8.29. The average molecular weight is 263 g/mol. The highest BCUT2D eigenvalue weighted by Crippen LogP contribution is 2.14. The van der Waals surface area contributed by atoms with Gasteiger partial charge < -0.3 is 14.8 Å². The molecule has 4 nitrogen and oxygen atoms in total. The van der Waals surface area contributed by atoms with E-state index >= 15 is 0 Å².